The van der Waals surface area contributed by atoms with Crippen molar-refractivity contribution in [1.82, 2.24) is 0 Å². The van der Waals surface area contributed by atoms with Gasteiger partial charge in [-0.25, -0.2) is 4.79 Å². The van der Waals surface area contributed by atoms with E-state index < -0.39 is 5.97 Å². The number of carbonyl (C=O) groups is 1. The van der Waals surface area contributed by atoms with Gasteiger partial charge in [-0.2, -0.15) is 0 Å². The predicted molar refractivity (Wildman–Crippen MR) is 61.9 cm³/mol. The zero-order chi connectivity index (χ0) is 11.3. The lowest BCUT2D eigenvalue weighted by atomic mass is 10.0. The molecule has 0 unspecified atom stereocenters. The van der Waals surface area contributed by atoms with Crippen molar-refractivity contribution in [2.45, 2.75) is 26.7 Å². The molecule has 1 aromatic rings. The van der Waals surface area contributed by atoms with Crippen molar-refractivity contribution >= 4 is 12.0 Å². The number of aliphatic carboxylic acids is 1. The van der Waals surface area contributed by atoms with Crippen molar-refractivity contribution in [1.29, 1.82) is 0 Å². The van der Waals surface area contributed by atoms with Crippen molar-refractivity contribution in [2.75, 3.05) is 0 Å². The van der Waals surface area contributed by atoms with E-state index in [1.54, 1.807) is 6.08 Å². The van der Waals surface area contributed by atoms with Crippen molar-refractivity contribution in [3.05, 3.63) is 41.0 Å². The second-order valence-corrected chi connectivity index (χ2v) is 3.46. The molecule has 2 nitrogen and oxygen atoms in total. The van der Waals surface area contributed by atoms with Crippen LogP contribution in [0.3, 0.4) is 0 Å². The molecule has 0 aliphatic heterocycles. The second kappa shape index (κ2) is 5.35. The minimum Gasteiger partial charge on any atom is -0.478 e. The highest BCUT2D eigenvalue weighted by molar-refractivity contribution is 5.85. The third-order valence-corrected chi connectivity index (χ3v) is 2.31. The minimum atomic E-state index is -0.907. The lowest BCUT2D eigenvalue weighted by Crippen LogP contribution is -1.89. The molecule has 0 saturated carbocycles. The summed E-state index contributed by atoms with van der Waals surface area (Å²) in [4.78, 5) is 10.4. The molecule has 80 valence electrons. The minimum absolute atomic E-state index is 0.907. The summed E-state index contributed by atoms with van der Waals surface area (Å²) in [7, 11) is 0. The quantitative estimate of drug-likeness (QED) is 0.766. The van der Waals surface area contributed by atoms with Crippen LogP contribution in [0.4, 0.5) is 0 Å². The summed E-state index contributed by atoms with van der Waals surface area (Å²) in [5, 5.41) is 8.54. The topological polar surface area (TPSA) is 37.3 Å². The molecule has 1 aromatic carbocycles. The van der Waals surface area contributed by atoms with Gasteiger partial charge in [-0.05, 0) is 35.6 Å². The molecular weight excluding hydrogens is 188 g/mol. The van der Waals surface area contributed by atoms with Crippen LogP contribution in [0.1, 0.15) is 30.5 Å². The van der Waals surface area contributed by atoms with Crippen LogP contribution in [0, 0.1) is 0 Å². The van der Waals surface area contributed by atoms with Crippen LogP contribution in [0.25, 0.3) is 6.08 Å². The number of carboxylic acid groups (broad SMARTS) is 1. The fraction of sp³-hybridized carbons (Fsp3) is 0.308. The Bertz CT molecular complexity index is 356. The Morgan fingerprint density at radius 1 is 1.20 bits per heavy atom. The van der Waals surface area contributed by atoms with Gasteiger partial charge in [-0.3, -0.25) is 0 Å². The van der Waals surface area contributed by atoms with Crippen molar-refractivity contribution in [3.63, 3.8) is 0 Å². The predicted octanol–water partition coefficient (Wildman–Crippen LogP) is 2.91. The summed E-state index contributed by atoms with van der Waals surface area (Å²) >= 11 is 0. The van der Waals surface area contributed by atoms with Gasteiger partial charge in [0.15, 0.2) is 0 Å². The molecule has 0 saturated heterocycles. The molecule has 1 rings (SSSR count). The van der Waals surface area contributed by atoms with E-state index in [0.717, 1.165) is 18.4 Å². The van der Waals surface area contributed by atoms with Gasteiger partial charge in [0, 0.05) is 6.08 Å². The van der Waals surface area contributed by atoms with Crippen LogP contribution in [0.5, 0.6) is 0 Å². The monoisotopic (exact) mass is 204 g/mol. The molecule has 0 heterocycles. The van der Waals surface area contributed by atoms with Gasteiger partial charge in [0.25, 0.3) is 0 Å². The highest BCUT2D eigenvalue weighted by Gasteiger charge is 1.97. The van der Waals surface area contributed by atoms with E-state index in [2.05, 4.69) is 19.9 Å². The van der Waals surface area contributed by atoms with E-state index in [1.807, 2.05) is 12.1 Å². The Hall–Kier alpha value is -1.57. The lowest BCUT2D eigenvalue weighted by Gasteiger charge is -2.03. The number of hydrogen-bond donors (Lipinski definition) is 1. The summed E-state index contributed by atoms with van der Waals surface area (Å²) < 4.78 is 0. The van der Waals surface area contributed by atoms with E-state index in [4.69, 9.17) is 5.11 Å². The average Bonchev–Trinajstić information content (AvgIpc) is 2.25. The highest BCUT2D eigenvalue weighted by Crippen LogP contribution is 2.13. The average molecular weight is 204 g/mol. The van der Waals surface area contributed by atoms with E-state index in [1.165, 1.54) is 17.2 Å². The Morgan fingerprint density at radius 3 is 2.13 bits per heavy atom. The Labute approximate surface area is 90.3 Å². The Kier molecular flexibility index (Phi) is 4.10. The molecule has 2 heteroatoms. The number of carboxylic acids is 1. The standard InChI is InChI=1S/C13H16O2/c1-3-10-7-11(4-2)9-12(8-10)5-6-13(14)15/h5-9H,3-4H2,1-2H3,(H,14,15). The molecule has 15 heavy (non-hydrogen) atoms. The van der Waals surface area contributed by atoms with E-state index in [0.29, 0.717) is 0 Å². The smallest absolute Gasteiger partial charge is 0.328 e. The first-order chi connectivity index (χ1) is 7.15. The van der Waals surface area contributed by atoms with Gasteiger partial charge in [-0.1, -0.05) is 32.0 Å². The van der Waals surface area contributed by atoms with Crippen molar-refractivity contribution < 1.29 is 9.90 Å². The lowest BCUT2D eigenvalue weighted by molar-refractivity contribution is -0.131. The number of benzene rings is 1. The molecule has 0 bridgehead atoms. The maximum Gasteiger partial charge on any atom is 0.328 e. The maximum absolute atomic E-state index is 10.4. The fourth-order valence-electron chi connectivity index (χ4n) is 1.46. The third-order valence-electron chi connectivity index (χ3n) is 2.31. The number of rotatable bonds is 4. The van der Waals surface area contributed by atoms with E-state index in [9.17, 15) is 4.79 Å². The summed E-state index contributed by atoms with van der Waals surface area (Å²) in [5.74, 6) is -0.907. The van der Waals surface area contributed by atoms with Gasteiger partial charge < -0.3 is 5.11 Å². The van der Waals surface area contributed by atoms with Gasteiger partial charge in [0.2, 0.25) is 0 Å². The first-order valence-corrected chi connectivity index (χ1v) is 5.19. The summed E-state index contributed by atoms with van der Waals surface area (Å²) in [6.45, 7) is 4.19. The number of aryl methyl sites for hydroxylation is 2. The second-order valence-electron chi connectivity index (χ2n) is 3.46. The zero-order valence-corrected chi connectivity index (χ0v) is 9.16. The molecule has 0 amide bonds. The van der Waals surface area contributed by atoms with E-state index in [-0.39, 0.29) is 0 Å². The van der Waals surface area contributed by atoms with Crippen LogP contribution in [-0.4, -0.2) is 11.1 Å². The molecule has 0 spiro atoms. The Morgan fingerprint density at radius 2 is 1.73 bits per heavy atom. The van der Waals surface area contributed by atoms with Gasteiger partial charge in [-0.15, -0.1) is 0 Å². The number of hydrogen-bond acceptors (Lipinski definition) is 1. The molecule has 0 radical (unpaired) electrons. The van der Waals surface area contributed by atoms with Crippen molar-refractivity contribution in [3.8, 4) is 0 Å². The molecule has 0 aromatic heterocycles. The van der Waals surface area contributed by atoms with Crippen LogP contribution in [0.2, 0.25) is 0 Å². The van der Waals surface area contributed by atoms with Gasteiger partial charge in [0.1, 0.15) is 0 Å². The normalized spacial score (nSPS) is 10.8. The summed E-state index contributed by atoms with van der Waals surface area (Å²) in [5.41, 5.74) is 3.47. The largest absolute Gasteiger partial charge is 0.478 e. The molecule has 0 atom stereocenters. The van der Waals surface area contributed by atoms with Crippen molar-refractivity contribution in [2.24, 2.45) is 0 Å². The van der Waals surface area contributed by atoms with Crippen LogP contribution in [0.15, 0.2) is 24.3 Å². The van der Waals surface area contributed by atoms with Gasteiger partial charge in [0.05, 0.1) is 0 Å². The molecule has 0 aliphatic rings. The van der Waals surface area contributed by atoms with Crippen LogP contribution in [-0.2, 0) is 17.6 Å². The van der Waals surface area contributed by atoms with Crippen LogP contribution >= 0.6 is 0 Å². The summed E-state index contributed by atoms with van der Waals surface area (Å²) in [6, 6.07) is 6.22. The third kappa shape index (κ3) is 3.58. The summed E-state index contributed by atoms with van der Waals surface area (Å²) in [6.07, 6.45) is 4.76. The molecular formula is C13H16O2. The molecule has 0 aliphatic carbocycles. The first-order valence-electron chi connectivity index (χ1n) is 5.19. The van der Waals surface area contributed by atoms with Gasteiger partial charge >= 0.3 is 5.97 Å². The first kappa shape index (κ1) is 11.5. The molecule has 1 N–H and O–H groups in total. The van der Waals surface area contributed by atoms with Crippen LogP contribution < -0.4 is 0 Å². The fourth-order valence-corrected chi connectivity index (χ4v) is 1.46. The van der Waals surface area contributed by atoms with E-state index >= 15 is 0 Å². The Balaban J connectivity index is 3.01. The molecule has 0 fully saturated rings. The zero-order valence-electron chi connectivity index (χ0n) is 9.16. The SMILES string of the molecule is CCc1cc(C=CC(=O)O)cc(CC)c1. The maximum atomic E-state index is 10.4. The highest BCUT2D eigenvalue weighted by atomic mass is 16.4.